The second kappa shape index (κ2) is 12.5. The van der Waals surface area contributed by atoms with Crippen LogP contribution in [0.25, 0.3) is 22.3 Å². The number of piperidine rings is 1. The van der Waals surface area contributed by atoms with E-state index in [-0.39, 0.29) is 18.4 Å². The molecular weight excluding hydrogens is 609 g/mol. The average molecular weight is 643 g/mol. The minimum atomic E-state index is -4.35. The number of anilines is 2. The third kappa shape index (κ3) is 6.69. The number of nitrogens with one attached hydrogen (secondary N) is 2. The minimum absolute atomic E-state index is 0.00708. The number of alkyl halides is 3. The molecule has 2 N–H and O–H groups in total. The van der Waals surface area contributed by atoms with Crippen LogP contribution in [-0.2, 0) is 4.79 Å². The van der Waals surface area contributed by atoms with Crippen LogP contribution in [0.3, 0.4) is 0 Å². The lowest BCUT2D eigenvalue weighted by Gasteiger charge is -2.32. The number of aromatic amines is 1. The van der Waals surface area contributed by atoms with Gasteiger partial charge in [0.15, 0.2) is 5.65 Å². The van der Waals surface area contributed by atoms with Crippen LogP contribution >= 0.6 is 0 Å². The maximum atomic E-state index is 13.4. The van der Waals surface area contributed by atoms with Gasteiger partial charge >= 0.3 is 6.18 Å². The van der Waals surface area contributed by atoms with E-state index in [4.69, 9.17) is 0 Å². The molecule has 1 fully saturated rings. The summed E-state index contributed by atoms with van der Waals surface area (Å²) in [5, 5.41) is 8.84. The van der Waals surface area contributed by atoms with Crippen LogP contribution in [0.2, 0.25) is 0 Å². The van der Waals surface area contributed by atoms with Crippen LogP contribution in [0, 0.1) is 0 Å². The van der Waals surface area contributed by atoms with E-state index in [9.17, 15) is 22.8 Å². The highest BCUT2D eigenvalue weighted by molar-refractivity contribution is 5.94. The Balaban J connectivity index is 0.995. The first-order valence-corrected chi connectivity index (χ1v) is 15.7. The maximum Gasteiger partial charge on any atom is 0.389 e. The highest BCUT2D eigenvalue weighted by Crippen LogP contribution is 2.30. The van der Waals surface area contributed by atoms with Gasteiger partial charge in [0.2, 0.25) is 11.9 Å². The lowest BCUT2D eigenvalue weighted by atomic mass is 9.94. The van der Waals surface area contributed by atoms with Crippen molar-refractivity contribution in [2.75, 3.05) is 31.5 Å². The monoisotopic (exact) mass is 642 g/mol. The van der Waals surface area contributed by atoms with E-state index in [1.165, 1.54) is 4.90 Å². The van der Waals surface area contributed by atoms with E-state index < -0.39 is 24.9 Å². The van der Waals surface area contributed by atoms with Gasteiger partial charge in [-0.05, 0) is 79.4 Å². The number of carbonyl (C=O) groups is 2. The van der Waals surface area contributed by atoms with Crippen LogP contribution in [-0.4, -0.2) is 78.5 Å². The highest BCUT2D eigenvalue weighted by Gasteiger charge is 2.30. The summed E-state index contributed by atoms with van der Waals surface area (Å²) in [7, 11) is 0. The van der Waals surface area contributed by atoms with Crippen LogP contribution in [0.4, 0.5) is 24.8 Å². The molecule has 242 valence electrons. The smallest absolute Gasteiger partial charge is 0.343 e. The topological polar surface area (TPSA) is 112 Å². The summed E-state index contributed by atoms with van der Waals surface area (Å²) >= 11 is 0. The van der Waals surface area contributed by atoms with Crippen molar-refractivity contribution in [2.24, 2.45) is 0 Å². The molecule has 4 aromatic heterocycles. The molecule has 7 rings (SSSR count). The summed E-state index contributed by atoms with van der Waals surface area (Å²) in [6, 6.07) is 17.1. The summed E-state index contributed by atoms with van der Waals surface area (Å²) in [5.74, 6) is 0.0969. The number of nitrogens with zero attached hydrogens (tertiary/aromatic N) is 6. The molecule has 1 unspecified atom stereocenters. The SMILES string of the molecule is O=C(CCC(F)(F)F)N1CC=C(c2cccn3nc(Nc4ccc(C(=O)N5CCCC(c6cc7cccnc7[nH]6)C5)cc4)nc23)CC1. The summed E-state index contributed by atoms with van der Waals surface area (Å²) in [4.78, 5) is 41.6. The van der Waals surface area contributed by atoms with Gasteiger partial charge < -0.3 is 20.1 Å². The first-order valence-electron chi connectivity index (χ1n) is 15.7. The molecule has 2 aliphatic rings. The van der Waals surface area contributed by atoms with Gasteiger partial charge in [-0.2, -0.15) is 18.2 Å². The number of rotatable bonds is 7. The molecule has 2 amide bonds. The number of H-pyrrole nitrogens is 1. The number of halogens is 3. The van der Waals surface area contributed by atoms with Crippen molar-refractivity contribution in [1.82, 2.24) is 34.4 Å². The van der Waals surface area contributed by atoms with E-state index in [0.29, 0.717) is 43.2 Å². The fraction of sp³-hybridized carbons (Fsp3) is 0.324. The molecule has 1 atom stereocenters. The number of hydrogen-bond acceptors (Lipinski definition) is 6. The van der Waals surface area contributed by atoms with E-state index in [1.54, 1.807) is 29.0 Å². The molecule has 0 spiro atoms. The van der Waals surface area contributed by atoms with Crippen LogP contribution < -0.4 is 5.32 Å². The molecular formula is C34H33F3N8O2. The van der Waals surface area contributed by atoms with Gasteiger partial charge in [-0.3, -0.25) is 9.59 Å². The third-order valence-corrected chi connectivity index (χ3v) is 8.84. The maximum absolute atomic E-state index is 13.4. The highest BCUT2D eigenvalue weighted by atomic mass is 19.4. The van der Waals surface area contributed by atoms with Gasteiger partial charge in [-0.25, -0.2) is 9.50 Å². The lowest BCUT2D eigenvalue weighted by Crippen LogP contribution is -2.39. The van der Waals surface area contributed by atoms with Crippen molar-refractivity contribution in [3.63, 3.8) is 0 Å². The zero-order chi connectivity index (χ0) is 32.5. The van der Waals surface area contributed by atoms with E-state index in [1.807, 2.05) is 47.4 Å². The molecule has 0 radical (unpaired) electrons. The molecule has 2 aliphatic heterocycles. The van der Waals surface area contributed by atoms with Gasteiger partial charge in [-0.1, -0.05) is 6.08 Å². The summed E-state index contributed by atoms with van der Waals surface area (Å²) in [6.07, 6.45) is 1.85. The van der Waals surface area contributed by atoms with Crippen molar-refractivity contribution >= 4 is 45.7 Å². The predicted octanol–water partition coefficient (Wildman–Crippen LogP) is 6.33. The van der Waals surface area contributed by atoms with Gasteiger partial charge in [0.05, 0.1) is 6.42 Å². The van der Waals surface area contributed by atoms with Crippen LogP contribution in [0.15, 0.2) is 73.1 Å². The third-order valence-electron chi connectivity index (χ3n) is 8.84. The minimum Gasteiger partial charge on any atom is -0.343 e. The molecule has 10 nitrogen and oxygen atoms in total. The molecule has 1 saturated heterocycles. The fourth-order valence-electron chi connectivity index (χ4n) is 6.38. The Morgan fingerprint density at radius 2 is 1.89 bits per heavy atom. The quantitative estimate of drug-likeness (QED) is 0.215. The first kappa shape index (κ1) is 30.5. The van der Waals surface area contributed by atoms with Crippen molar-refractivity contribution in [2.45, 2.75) is 44.2 Å². The Morgan fingerprint density at radius 1 is 1.04 bits per heavy atom. The molecule has 0 saturated carbocycles. The fourth-order valence-corrected chi connectivity index (χ4v) is 6.38. The Morgan fingerprint density at radius 3 is 2.66 bits per heavy atom. The van der Waals surface area contributed by atoms with Crippen molar-refractivity contribution in [1.29, 1.82) is 0 Å². The average Bonchev–Trinajstić information content (AvgIpc) is 3.71. The first-order chi connectivity index (χ1) is 22.7. The largest absolute Gasteiger partial charge is 0.389 e. The van der Waals surface area contributed by atoms with Gasteiger partial charge in [0.1, 0.15) is 5.65 Å². The second-order valence-corrected chi connectivity index (χ2v) is 12.0. The molecule has 13 heteroatoms. The van der Waals surface area contributed by atoms with Crippen molar-refractivity contribution < 1.29 is 22.8 Å². The molecule has 5 aromatic rings. The molecule has 1 aromatic carbocycles. The molecule has 0 bridgehead atoms. The van der Waals surface area contributed by atoms with Gasteiger partial charge in [-0.15, -0.1) is 5.10 Å². The van der Waals surface area contributed by atoms with E-state index in [0.717, 1.165) is 46.4 Å². The predicted molar refractivity (Wildman–Crippen MR) is 171 cm³/mol. The van der Waals surface area contributed by atoms with Crippen LogP contribution in [0.1, 0.15) is 59.6 Å². The number of fused-ring (bicyclic) bond motifs is 2. The van der Waals surface area contributed by atoms with Crippen molar-refractivity contribution in [3.8, 4) is 0 Å². The summed E-state index contributed by atoms with van der Waals surface area (Å²) in [5.41, 5.74) is 5.73. The number of benzene rings is 1. The number of hydrogen-bond donors (Lipinski definition) is 2. The normalized spacial score (nSPS) is 17.3. The molecule has 47 heavy (non-hydrogen) atoms. The number of amides is 2. The Labute approximate surface area is 268 Å². The van der Waals surface area contributed by atoms with E-state index in [2.05, 4.69) is 31.4 Å². The standard InChI is InChI=1S/C34H33F3N8O2/c35-34(36,37)14-11-29(46)43-18-12-22(13-19-43)27-6-3-17-45-31(27)41-33(42-45)39-26-9-7-23(8-10-26)32(47)44-16-2-5-25(21-44)28-20-24-4-1-15-38-30(24)40-28/h1,3-4,6-10,12,15,17,20,25H,2,5,11,13-14,16,18-19,21H2,(H,38,40)(H,39,42). The number of carbonyl (C=O) groups excluding carboxylic acids is 2. The number of aromatic nitrogens is 5. The Kier molecular flexibility index (Phi) is 8.12. The second-order valence-electron chi connectivity index (χ2n) is 12.0. The van der Waals surface area contributed by atoms with Crippen LogP contribution in [0.5, 0.6) is 0 Å². The number of pyridine rings is 2. The van der Waals surface area contributed by atoms with Crippen molar-refractivity contribution in [3.05, 3.63) is 89.9 Å². The van der Waals surface area contributed by atoms with Gasteiger partial charge in [0.25, 0.3) is 5.91 Å². The van der Waals surface area contributed by atoms with Gasteiger partial charge in [0, 0.05) is 78.8 Å². The summed E-state index contributed by atoms with van der Waals surface area (Å²) in [6.45, 7) is 1.94. The lowest BCUT2D eigenvalue weighted by molar-refractivity contribution is -0.148. The molecule has 6 heterocycles. The van der Waals surface area contributed by atoms with E-state index >= 15 is 0 Å². The zero-order valence-electron chi connectivity index (χ0n) is 25.5. The Hall–Kier alpha value is -5.20. The number of likely N-dealkylation sites (tertiary alicyclic amines) is 1. The summed E-state index contributed by atoms with van der Waals surface area (Å²) < 4.78 is 39.3. The Bertz CT molecular complexity index is 1930. The zero-order valence-corrected chi connectivity index (χ0v) is 25.5. The molecule has 0 aliphatic carbocycles.